The van der Waals surface area contributed by atoms with E-state index in [0.717, 1.165) is 17.1 Å². The van der Waals surface area contributed by atoms with Crippen LogP contribution >= 0.6 is 0 Å². The molecular weight excluding hydrogens is 281 g/mol. The molecule has 0 spiro atoms. The van der Waals surface area contributed by atoms with E-state index in [1.807, 2.05) is 0 Å². The fourth-order valence-corrected chi connectivity index (χ4v) is 1.39. The predicted octanol–water partition coefficient (Wildman–Crippen LogP) is 1.39. The monoisotopic (exact) mass is 288 g/mol. The maximum Gasteiger partial charge on any atom is 0.433 e. The van der Waals surface area contributed by atoms with Crippen molar-refractivity contribution in [3.05, 3.63) is 29.7 Å². The van der Waals surface area contributed by atoms with E-state index in [4.69, 9.17) is 5.11 Å². The third-order valence-corrected chi connectivity index (χ3v) is 2.27. The predicted molar refractivity (Wildman–Crippen MR) is 57.7 cm³/mol. The smallest absolute Gasteiger partial charge is 0.433 e. The van der Waals surface area contributed by atoms with Gasteiger partial charge in [0.15, 0.2) is 5.82 Å². The lowest BCUT2D eigenvalue weighted by Gasteiger charge is -2.09. The van der Waals surface area contributed by atoms with Gasteiger partial charge in [0.2, 0.25) is 0 Å². The van der Waals surface area contributed by atoms with E-state index in [1.54, 1.807) is 0 Å². The number of hydrogen-bond acceptors (Lipinski definition) is 5. The lowest BCUT2D eigenvalue weighted by Crippen LogP contribution is -2.14. The van der Waals surface area contributed by atoms with Crippen molar-refractivity contribution in [1.29, 1.82) is 0 Å². The Kier molecular flexibility index (Phi) is 3.30. The first-order valence-electron chi connectivity index (χ1n) is 5.10. The van der Waals surface area contributed by atoms with Crippen LogP contribution in [0.1, 0.15) is 16.1 Å². The van der Waals surface area contributed by atoms with E-state index in [2.05, 4.69) is 19.8 Å². The molecule has 10 heteroatoms. The highest BCUT2D eigenvalue weighted by atomic mass is 19.4. The van der Waals surface area contributed by atoms with Crippen molar-refractivity contribution in [2.75, 3.05) is 7.11 Å². The standard InChI is InChI=1S/C10H7F3N4O3/c1-20-9-14-4-17(16-9)7-5(8(18)19)2-3-6(15-7)10(11,12)13/h2-4H,1H3,(H,18,19). The summed E-state index contributed by atoms with van der Waals surface area (Å²) in [5, 5.41) is 12.6. The van der Waals surface area contributed by atoms with Gasteiger partial charge in [0.25, 0.3) is 0 Å². The second-order valence-corrected chi connectivity index (χ2v) is 3.55. The lowest BCUT2D eigenvalue weighted by atomic mass is 10.2. The molecule has 0 radical (unpaired) electrons. The average molecular weight is 288 g/mol. The number of methoxy groups -OCH3 is 1. The summed E-state index contributed by atoms with van der Waals surface area (Å²) in [6, 6.07) is 1.27. The van der Waals surface area contributed by atoms with Gasteiger partial charge in [0, 0.05) is 0 Å². The molecule has 0 saturated carbocycles. The lowest BCUT2D eigenvalue weighted by molar-refractivity contribution is -0.141. The normalized spacial score (nSPS) is 11.4. The minimum absolute atomic E-state index is 0.124. The van der Waals surface area contributed by atoms with Gasteiger partial charge in [-0.2, -0.15) is 22.8 Å². The van der Waals surface area contributed by atoms with E-state index in [-0.39, 0.29) is 6.01 Å². The van der Waals surface area contributed by atoms with Crippen LogP contribution < -0.4 is 4.74 Å². The van der Waals surface area contributed by atoms with Crippen LogP contribution in [0.3, 0.4) is 0 Å². The molecule has 2 aromatic rings. The van der Waals surface area contributed by atoms with Crippen molar-refractivity contribution in [3.8, 4) is 11.8 Å². The maximum absolute atomic E-state index is 12.6. The van der Waals surface area contributed by atoms with Crippen molar-refractivity contribution in [3.63, 3.8) is 0 Å². The molecule has 0 aliphatic heterocycles. The molecule has 0 aliphatic rings. The molecule has 20 heavy (non-hydrogen) atoms. The second kappa shape index (κ2) is 4.79. The summed E-state index contributed by atoms with van der Waals surface area (Å²) in [7, 11) is 1.26. The third kappa shape index (κ3) is 2.53. The number of hydrogen-bond donors (Lipinski definition) is 1. The highest BCUT2D eigenvalue weighted by Crippen LogP contribution is 2.29. The first-order chi connectivity index (χ1) is 9.32. The Bertz CT molecular complexity index is 653. The van der Waals surface area contributed by atoms with Gasteiger partial charge in [-0.25, -0.2) is 9.78 Å². The fourth-order valence-electron chi connectivity index (χ4n) is 1.39. The van der Waals surface area contributed by atoms with Gasteiger partial charge >= 0.3 is 18.2 Å². The molecule has 0 saturated heterocycles. The van der Waals surface area contributed by atoms with Gasteiger partial charge in [0.1, 0.15) is 17.6 Å². The summed E-state index contributed by atoms with van der Waals surface area (Å²) < 4.78 is 43.3. The fraction of sp³-hybridized carbons (Fsp3) is 0.200. The van der Waals surface area contributed by atoms with E-state index >= 15 is 0 Å². The summed E-state index contributed by atoms with van der Waals surface area (Å²) in [5.41, 5.74) is -1.67. The number of alkyl halides is 3. The van der Waals surface area contributed by atoms with Crippen molar-refractivity contribution in [2.24, 2.45) is 0 Å². The number of carboxylic acids is 1. The van der Waals surface area contributed by atoms with Crippen molar-refractivity contribution >= 4 is 5.97 Å². The molecule has 2 heterocycles. The molecule has 0 bridgehead atoms. The maximum atomic E-state index is 12.6. The number of ether oxygens (including phenoxy) is 1. The number of rotatable bonds is 3. The van der Waals surface area contributed by atoms with E-state index < -0.39 is 29.2 Å². The van der Waals surface area contributed by atoms with Crippen LogP contribution in [0.15, 0.2) is 18.5 Å². The van der Waals surface area contributed by atoms with Crippen LogP contribution in [0.2, 0.25) is 0 Å². The zero-order valence-electron chi connectivity index (χ0n) is 9.92. The highest BCUT2D eigenvalue weighted by Gasteiger charge is 2.34. The molecule has 2 rings (SSSR count). The van der Waals surface area contributed by atoms with Gasteiger partial charge in [-0.05, 0) is 12.1 Å². The van der Waals surface area contributed by atoms with E-state index in [9.17, 15) is 18.0 Å². The summed E-state index contributed by atoms with van der Waals surface area (Å²) >= 11 is 0. The van der Waals surface area contributed by atoms with Crippen LogP contribution in [0.5, 0.6) is 6.01 Å². The van der Waals surface area contributed by atoms with Crippen molar-refractivity contribution < 1.29 is 27.8 Å². The SMILES string of the molecule is COc1ncn(-c2nc(C(F)(F)F)ccc2C(=O)O)n1. The van der Waals surface area contributed by atoms with Gasteiger partial charge in [0.05, 0.1) is 7.11 Å². The van der Waals surface area contributed by atoms with Crippen LogP contribution in [0.25, 0.3) is 5.82 Å². The molecule has 0 fully saturated rings. The Morgan fingerprint density at radius 2 is 2.10 bits per heavy atom. The Morgan fingerprint density at radius 3 is 2.60 bits per heavy atom. The Labute approximate surface area is 109 Å². The molecule has 106 valence electrons. The number of nitrogens with zero attached hydrogens (tertiary/aromatic N) is 4. The zero-order valence-corrected chi connectivity index (χ0v) is 9.92. The molecule has 2 aromatic heterocycles. The largest absolute Gasteiger partial charge is 0.478 e. The van der Waals surface area contributed by atoms with Gasteiger partial charge in [-0.1, -0.05) is 0 Å². The number of carboxylic acid groups (broad SMARTS) is 1. The van der Waals surface area contributed by atoms with Crippen LogP contribution in [0, 0.1) is 0 Å². The molecule has 0 amide bonds. The van der Waals surface area contributed by atoms with E-state index in [0.29, 0.717) is 6.07 Å². The third-order valence-electron chi connectivity index (χ3n) is 2.27. The summed E-state index contributed by atoms with van der Waals surface area (Å²) in [6.07, 6.45) is -3.69. The molecule has 1 N–H and O–H groups in total. The number of aromatic carboxylic acids is 1. The number of aromatic nitrogens is 4. The molecule has 7 nitrogen and oxygen atoms in total. The number of pyridine rings is 1. The van der Waals surface area contributed by atoms with Gasteiger partial charge in [-0.3, -0.25) is 0 Å². The molecule has 0 atom stereocenters. The molecular formula is C10H7F3N4O3. The number of carbonyl (C=O) groups is 1. The van der Waals surface area contributed by atoms with Crippen molar-refractivity contribution in [2.45, 2.75) is 6.18 Å². The minimum atomic E-state index is -4.70. The molecule has 0 aliphatic carbocycles. The van der Waals surface area contributed by atoms with Crippen molar-refractivity contribution in [1.82, 2.24) is 19.7 Å². The second-order valence-electron chi connectivity index (χ2n) is 3.55. The van der Waals surface area contributed by atoms with Crippen LogP contribution in [-0.2, 0) is 6.18 Å². The minimum Gasteiger partial charge on any atom is -0.478 e. The first kappa shape index (κ1) is 13.8. The van der Waals surface area contributed by atoms with E-state index in [1.165, 1.54) is 7.11 Å². The Hall–Kier alpha value is -2.65. The summed E-state index contributed by atoms with van der Waals surface area (Å²) in [6.45, 7) is 0. The quantitative estimate of drug-likeness (QED) is 0.917. The number of halogens is 3. The topological polar surface area (TPSA) is 90.1 Å². The summed E-state index contributed by atoms with van der Waals surface area (Å²) in [4.78, 5) is 17.9. The molecule has 0 aromatic carbocycles. The van der Waals surface area contributed by atoms with Gasteiger partial charge < -0.3 is 9.84 Å². The van der Waals surface area contributed by atoms with Crippen LogP contribution in [0.4, 0.5) is 13.2 Å². The average Bonchev–Trinajstić information content (AvgIpc) is 2.85. The summed E-state index contributed by atoms with van der Waals surface area (Å²) in [5.74, 6) is -1.93. The highest BCUT2D eigenvalue weighted by molar-refractivity contribution is 5.91. The Morgan fingerprint density at radius 1 is 1.40 bits per heavy atom. The zero-order chi connectivity index (χ0) is 14.9. The Balaban J connectivity index is 2.60. The molecule has 0 unspecified atom stereocenters. The first-order valence-corrected chi connectivity index (χ1v) is 5.10. The van der Waals surface area contributed by atoms with Crippen LogP contribution in [-0.4, -0.2) is 37.9 Å². The van der Waals surface area contributed by atoms with Gasteiger partial charge in [-0.15, -0.1) is 5.10 Å².